The molecule has 9 heteroatoms. The number of ether oxygens (including phenoxy) is 2. The molecule has 27 heavy (non-hydrogen) atoms. The van der Waals surface area contributed by atoms with Crippen LogP contribution >= 0.6 is 0 Å². The lowest BCUT2D eigenvalue weighted by Crippen LogP contribution is -2.18. The Kier molecular flexibility index (Phi) is 5.71. The number of methoxy groups -OCH3 is 1. The zero-order valence-corrected chi connectivity index (χ0v) is 15.5. The molecule has 0 bridgehead atoms. The lowest BCUT2D eigenvalue weighted by Gasteiger charge is -2.13. The molecule has 1 aliphatic rings. The Morgan fingerprint density at radius 3 is 2.81 bits per heavy atom. The van der Waals surface area contributed by atoms with Gasteiger partial charge in [-0.15, -0.1) is 0 Å². The molecule has 1 atom stereocenters. The minimum Gasteiger partial charge on any atom is -0.496 e. The first kappa shape index (κ1) is 19.2. The van der Waals surface area contributed by atoms with Crippen molar-refractivity contribution in [1.82, 2.24) is 4.98 Å². The van der Waals surface area contributed by atoms with Crippen molar-refractivity contribution in [2.45, 2.75) is 11.3 Å². The van der Waals surface area contributed by atoms with Crippen molar-refractivity contribution < 1.29 is 27.1 Å². The molecule has 0 radical (unpaired) electrons. The number of rotatable bonds is 6. The molecule has 1 aliphatic heterocycles. The molecule has 3 rings (SSSR count). The summed E-state index contributed by atoms with van der Waals surface area (Å²) in [5.74, 6) is -0.878. The third-order valence-corrected chi connectivity index (χ3v) is 6.11. The number of sulfone groups is 1. The van der Waals surface area contributed by atoms with Crippen LogP contribution in [0, 0.1) is 11.7 Å². The van der Waals surface area contributed by atoms with Crippen LogP contribution in [0.15, 0.2) is 41.4 Å². The summed E-state index contributed by atoms with van der Waals surface area (Å²) in [7, 11) is -2.20. The van der Waals surface area contributed by atoms with Crippen LogP contribution < -0.4 is 10.1 Å². The number of carbonyl (C=O) groups is 1. The van der Waals surface area contributed by atoms with Crippen molar-refractivity contribution in [3.63, 3.8) is 0 Å². The van der Waals surface area contributed by atoms with E-state index >= 15 is 0 Å². The molecule has 0 saturated carbocycles. The Morgan fingerprint density at radius 1 is 1.37 bits per heavy atom. The van der Waals surface area contributed by atoms with Gasteiger partial charge < -0.3 is 14.8 Å². The van der Waals surface area contributed by atoms with Crippen LogP contribution in [-0.2, 0) is 14.6 Å². The number of nitrogens with zero attached hydrogens (tertiary/aromatic N) is 1. The first-order chi connectivity index (χ1) is 12.9. The minimum atomic E-state index is -3.58. The number of hydrogen-bond acceptors (Lipinski definition) is 6. The summed E-state index contributed by atoms with van der Waals surface area (Å²) >= 11 is 0. The maximum Gasteiger partial charge on any atom is 0.260 e. The molecule has 1 amide bonds. The van der Waals surface area contributed by atoms with Gasteiger partial charge in [0.05, 0.1) is 36.1 Å². The number of carbonyl (C=O) groups excluding carboxylic acids is 1. The van der Waals surface area contributed by atoms with E-state index in [1.54, 1.807) is 0 Å². The Bertz CT molecular complexity index is 925. The van der Waals surface area contributed by atoms with Gasteiger partial charge in [-0.25, -0.2) is 17.8 Å². The maximum atomic E-state index is 12.9. The number of halogens is 1. The first-order valence-electron chi connectivity index (χ1n) is 8.30. The average Bonchev–Trinajstić information content (AvgIpc) is 3.15. The lowest BCUT2D eigenvalue weighted by atomic mass is 10.2. The fourth-order valence-electron chi connectivity index (χ4n) is 2.81. The minimum absolute atomic E-state index is 0.0346. The zero-order valence-electron chi connectivity index (χ0n) is 14.6. The van der Waals surface area contributed by atoms with Crippen molar-refractivity contribution in [3.05, 3.63) is 47.9 Å². The first-order valence-corrected chi connectivity index (χ1v) is 9.96. The molecule has 1 saturated heterocycles. The Hall–Kier alpha value is -2.52. The highest BCUT2D eigenvalue weighted by Crippen LogP contribution is 2.26. The van der Waals surface area contributed by atoms with Crippen molar-refractivity contribution >= 4 is 21.6 Å². The highest BCUT2D eigenvalue weighted by molar-refractivity contribution is 7.91. The van der Waals surface area contributed by atoms with Crippen LogP contribution in [-0.4, -0.2) is 45.4 Å². The van der Waals surface area contributed by atoms with Crippen LogP contribution in [0.2, 0.25) is 0 Å². The van der Waals surface area contributed by atoms with Crippen molar-refractivity contribution in [1.29, 1.82) is 0 Å². The van der Waals surface area contributed by atoms with E-state index in [0.717, 1.165) is 12.3 Å². The topological polar surface area (TPSA) is 94.6 Å². The van der Waals surface area contributed by atoms with E-state index in [-0.39, 0.29) is 33.7 Å². The van der Waals surface area contributed by atoms with Gasteiger partial charge in [0.25, 0.3) is 5.91 Å². The molecule has 0 aliphatic carbocycles. The molecule has 1 N–H and O–H groups in total. The second-order valence-corrected chi connectivity index (χ2v) is 8.22. The number of aromatic nitrogens is 1. The molecular weight excluding hydrogens is 375 g/mol. The van der Waals surface area contributed by atoms with Gasteiger partial charge in [-0.2, -0.15) is 0 Å². The van der Waals surface area contributed by atoms with Gasteiger partial charge >= 0.3 is 0 Å². The fourth-order valence-corrected chi connectivity index (χ4v) is 4.46. The molecule has 1 aromatic carbocycles. The molecular formula is C18H19FN2O5S. The van der Waals surface area contributed by atoms with Crippen LogP contribution in [0.1, 0.15) is 16.8 Å². The third-order valence-electron chi connectivity index (χ3n) is 4.22. The van der Waals surface area contributed by atoms with Crippen LogP contribution in [0.4, 0.5) is 10.2 Å². The van der Waals surface area contributed by atoms with E-state index in [9.17, 15) is 17.6 Å². The summed E-state index contributed by atoms with van der Waals surface area (Å²) in [6, 6.07) is 6.59. The van der Waals surface area contributed by atoms with E-state index in [1.165, 1.54) is 31.4 Å². The molecule has 1 fully saturated rings. The summed E-state index contributed by atoms with van der Waals surface area (Å²) < 4.78 is 48.7. The largest absolute Gasteiger partial charge is 0.496 e. The highest BCUT2D eigenvalue weighted by Gasteiger charge is 2.26. The predicted molar refractivity (Wildman–Crippen MR) is 96.1 cm³/mol. The molecule has 2 heterocycles. The summed E-state index contributed by atoms with van der Waals surface area (Å²) in [6.07, 6.45) is 1.66. The van der Waals surface area contributed by atoms with Gasteiger partial charge in [0, 0.05) is 6.61 Å². The molecule has 1 aromatic heterocycles. The van der Waals surface area contributed by atoms with Gasteiger partial charge in [-0.05, 0) is 42.7 Å². The highest BCUT2D eigenvalue weighted by atomic mass is 32.2. The number of benzene rings is 1. The Balaban J connectivity index is 1.86. The molecule has 2 aromatic rings. The van der Waals surface area contributed by atoms with Crippen LogP contribution in [0.3, 0.4) is 0 Å². The summed E-state index contributed by atoms with van der Waals surface area (Å²) in [5, 5.41) is 2.50. The van der Waals surface area contributed by atoms with E-state index in [2.05, 4.69) is 10.3 Å². The molecule has 7 nitrogen and oxygen atoms in total. The van der Waals surface area contributed by atoms with E-state index in [1.807, 2.05) is 0 Å². The van der Waals surface area contributed by atoms with E-state index < -0.39 is 21.6 Å². The Morgan fingerprint density at radius 2 is 2.19 bits per heavy atom. The van der Waals surface area contributed by atoms with Gasteiger partial charge in [0.15, 0.2) is 9.84 Å². The zero-order chi connectivity index (χ0) is 19.4. The number of anilines is 1. The molecule has 144 valence electrons. The molecule has 0 spiro atoms. The standard InChI is InChI=1S/C18H19FN2O5S/c1-25-16-4-3-14(27(23,24)11-12-6-7-26-10-12)8-15(16)18(22)21-17-5-2-13(19)9-20-17/h2-5,8-9,12H,6-7,10-11H2,1H3,(H,20,21,22)/t12-/m0/s1. The van der Waals surface area contributed by atoms with Gasteiger partial charge in [0.1, 0.15) is 17.4 Å². The molecule has 0 unspecified atom stereocenters. The fraction of sp³-hybridized carbons (Fsp3) is 0.333. The Labute approximate surface area is 156 Å². The maximum absolute atomic E-state index is 12.9. The van der Waals surface area contributed by atoms with Crippen LogP contribution in [0.25, 0.3) is 0 Å². The smallest absolute Gasteiger partial charge is 0.260 e. The van der Waals surface area contributed by atoms with Gasteiger partial charge in [-0.3, -0.25) is 4.79 Å². The van der Waals surface area contributed by atoms with Gasteiger partial charge in [0.2, 0.25) is 0 Å². The number of nitrogens with one attached hydrogen (secondary N) is 1. The van der Waals surface area contributed by atoms with E-state index in [0.29, 0.717) is 19.6 Å². The SMILES string of the molecule is COc1ccc(S(=O)(=O)C[C@H]2CCOC2)cc1C(=O)Nc1ccc(F)cn1. The van der Waals surface area contributed by atoms with Crippen molar-refractivity contribution in [2.24, 2.45) is 5.92 Å². The van der Waals surface area contributed by atoms with Crippen molar-refractivity contribution in [3.8, 4) is 5.75 Å². The predicted octanol–water partition coefficient (Wildman–Crippen LogP) is 2.29. The van der Waals surface area contributed by atoms with E-state index in [4.69, 9.17) is 9.47 Å². The normalized spacial score (nSPS) is 16.9. The monoisotopic (exact) mass is 394 g/mol. The summed E-state index contributed by atoms with van der Waals surface area (Å²) in [6.45, 7) is 0.972. The number of amides is 1. The summed E-state index contributed by atoms with van der Waals surface area (Å²) in [5.41, 5.74) is 0.0485. The van der Waals surface area contributed by atoms with Gasteiger partial charge in [-0.1, -0.05) is 0 Å². The second-order valence-electron chi connectivity index (χ2n) is 6.19. The summed E-state index contributed by atoms with van der Waals surface area (Å²) in [4.78, 5) is 16.4. The van der Waals surface area contributed by atoms with Crippen molar-refractivity contribution in [2.75, 3.05) is 31.4 Å². The third kappa shape index (κ3) is 4.61. The second kappa shape index (κ2) is 8.01. The lowest BCUT2D eigenvalue weighted by molar-refractivity contribution is 0.102. The quantitative estimate of drug-likeness (QED) is 0.808. The average molecular weight is 394 g/mol. The van der Waals surface area contributed by atoms with Crippen LogP contribution in [0.5, 0.6) is 5.75 Å². The number of hydrogen-bond donors (Lipinski definition) is 1. The number of pyridine rings is 1.